The first-order valence-corrected chi connectivity index (χ1v) is 10.2. The monoisotopic (exact) mass is 401 g/mol. The van der Waals surface area contributed by atoms with E-state index in [1.165, 1.54) is 21.1 Å². The van der Waals surface area contributed by atoms with Gasteiger partial charge in [-0.2, -0.15) is 0 Å². The van der Waals surface area contributed by atoms with Crippen LogP contribution >= 0.6 is 7.60 Å². The van der Waals surface area contributed by atoms with E-state index in [2.05, 4.69) is 5.32 Å². The maximum atomic E-state index is 13.5. The Morgan fingerprint density at radius 1 is 1.00 bits per heavy atom. The minimum Gasteiger partial charge on any atom is -0.333 e. The Hall–Kier alpha value is -2.53. The van der Waals surface area contributed by atoms with Gasteiger partial charge in [0.2, 0.25) is 17.0 Å². The van der Waals surface area contributed by atoms with E-state index in [1.54, 1.807) is 42.5 Å². The largest absolute Gasteiger partial charge is 0.363 e. The summed E-state index contributed by atoms with van der Waals surface area (Å²) in [6.45, 7) is 1.25. The molecule has 1 amide bonds. The molecule has 0 fully saturated rings. The highest BCUT2D eigenvalue weighted by Gasteiger charge is 2.56. The molecule has 0 saturated carbocycles. The van der Waals surface area contributed by atoms with Gasteiger partial charge in [0.05, 0.1) is 0 Å². The summed E-state index contributed by atoms with van der Waals surface area (Å²) in [7, 11) is -1.66. The van der Waals surface area contributed by atoms with Crippen molar-refractivity contribution in [2.75, 3.05) is 14.2 Å². The highest BCUT2D eigenvalue weighted by molar-refractivity contribution is 7.56. The van der Waals surface area contributed by atoms with Gasteiger partial charge in [0, 0.05) is 33.1 Å². The van der Waals surface area contributed by atoms with Crippen LogP contribution in [0.3, 0.4) is 0 Å². The average Bonchev–Trinajstić information content (AvgIpc) is 2.73. The molecular weight excluding hydrogens is 377 g/mol. The lowest BCUT2D eigenvalue weighted by atomic mass is 10.00. The lowest BCUT2D eigenvalue weighted by molar-refractivity contribution is -0.119. The number of hydrogen-bond acceptors (Lipinski definition) is 5. The fourth-order valence-corrected chi connectivity index (χ4v) is 4.71. The Labute approximate surface area is 165 Å². The SMILES string of the molecule is COP(=O)(OC)[C@](C/C=C\c1ccccc1)(NC(C)=O)C(=O)c1ccccc1. The number of ketones is 1. The number of hydrogen-bond donors (Lipinski definition) is 1. The molecular formula is C21H24NO5P. The topological polar surface area (TPSA) is 81.7 Å². The second kappa shape index (κ2) is 9.60. The fourth-order valence-electron chi connectivity index (χ4n) is 2.94. The molecule has 0 aliphatic rings. The van der Waals surface area contributed by atoms with Crippen LogP contribution in [0.15, 0.2) is 66.7 Å². The molecule has 0 unspecified atom stereocenters. The van der Waals surface area contributed by atoms with Gasteiger partial charge >= 0.3 is 7.60 Å². The molecule has 2 aromatic rings. The standard InChI is InChI=1S/C21H24NO5P/c1-17(23)22-21(28(25,26-2)27-3,20(24)19-14-8-5-9-15-19)16-10-13-18-11-6-4-7-12-18/h4-15H,16H2,1-3H3,(H,22,23)/b13-10-/t21-/m0/s1. The Morgan fingerprint density at radius 3 is 2.04 bits per heavy atom. The average molecular weight is 401 g/mol. The number of carbonyl (C=O) groups is 2. The van der Waals surface area contributed by atoms with E-state index in [0.717, 1.165) is 5.56 Å². The summed E-state index contributed by atoms with van der Waals surface area (Å²) in [5, 5.41) is 0.674. The van der Waals surface area contributed by atoms with Crippen LogP contribution in [0, 0.1) is 0 Å². The zero-order valence-electron chi connectivity index (χ0n) is 16.1. The third-order valence-corrected chi connectivity index (χ3v) is 6.66. The van der Waals surface area contributed by atoms with E-state index < -0.39 is 24.6 Å². The van der Waals surface area contributed by atoms with Gasteiger partial charge in [0.25, 0.3) is 0 Å². The van der Waals surface area contributed by atoms with Gasteiger partial charge in [-0.25, -0.2) is 0 Å². The fraction of sp³-hybridized carbons (Fsp3) is 0.238. The third kappa shape index (κ3) is 4.65. The predicted molar refractivity (Wildman–Crippen MR) is 109 cm³/mol. The zero-order valence-corrected chi connectivity index (χ0v) is 17.0. The van der Waals surface area contributed by atoms with Crippen LogP contribution in [0.5, 0.6) is 0 Å². The number of nitrogens with one attached hydrogen (secondary N) is 1. The summed E-state index contributed by atoms with van der Waals surface area (Å²) in [6.07, 6.45) is 3.38. The molecule has 0 aliphatic heterocycles. The smallest absolute Gasteiger partial charge is 0.333 e. The highest BCUT2D eigenvalue weighted by atomic mass is 31.2. The van der Waals surface area contributed by atoms with Gasteiger partial charge in [-0.3, -0.25) is 14.2 Å². The molecule has 0 radical (unpaired) electrons. The number of rotatable bonds is 9. The summed E-state index contributed by atoms with van der Waals surface area (Å²) >= 11 is 0. The zero-order chi connectivity index (χ0) is 20.6. The maximum Gasteiger partial charge on any atom is 0.363 e. The van der Waals surface area contributed by atoms with E-state index >= 15 is 0 Å². The minimum absolute atomic E-state index is 0.0752. The van der Waals surface area contributed by atoms with Crippen LogP contribution in [-0.4, -0.2) is 31.2 Å². The molecule has 2 rings (SSSR count). The van der Waals surface area contributed by atoms with Crippen LogP contribution in [0.1, 0.15) is 29.3 Å². The molecule has 2 aromatic carbocycles. The Bertz CT molecular complexity index is 874. The summed E-state index contributed by atoms with van der Waals surface area (Å²) in [5.41, 5.74) is 1.19. The highest BCUT2D eigenvalue weighted by Crippen LogP contribution is 2.60. The van der Waals surface area contributed by atoms with Crippen molar-refractivity contribution in [2.24, 2.45) is 0 Å². The molecule has 0 heterocycles. The van der Waals surface area contributed by atoms with Gasteiger partial charge in [0.15, 0.2) is 0 Å². The molecule has 0 bridgehead atoms. The first-order valence-electron chi connectivity index (χ1n) is 8.70. The van der Waals surface area contributed by atoms with Gasteiger partial charge in [-0.05, 0) is 5.56 Å². The first-order chi connectivity index (χ1) is 13.4. The van der Waals surface area contributed by atoms with E-state index in [9.17, 15) is 14.2 Å². The van der Waals surface area contributed by atoms with Gasteiger partial charge in [-0.1, -0.05) is 72.8 Å². The van der Waals surface area contributed by atoms with Crippen molar-refractivity contribution >= 4 is 25.4 Å². The van der Waals surface area contributed by atoms with E-state index in [-0.39, 0.29) is 6.42 Å². The molecule has 28 heavy (non-hydrogen) atoms. The van der Waals surface area contributed by atoms with Gasteiger partial charge in [-0.15, -0.1) is 0 Å². The lowest BCUT2D eigenvalue weighted by Gasteiger charge is -2.36. The molecule has 0 aliphatic carbocycles. The van der Waals surface area contributed by atoms with Crippen LogP contribution in [0.4, 0.5) is 0 Å². The molecule has 7 heteroatoms. The molecule has 1 atom stereocenters. The number of benzene rings is 2. The normalized spacial score (nSPS) is 13.8. The number of amides is 1. The Kier molecular flexibility index (Phi) is 7.46. The molecule has 1 N–H and O–H groups in total. The molecule has 6 nitrogen and oxygen atoms in total. The van der Waals surface area contributed by atoms with E-state index in [4.69, 9.17) is 9.05 Å². The molecule has 0 aromatic heterocycles. The Balaban J connectivity index is 2.56. The van der Waals surface area contributed by atoms with Crippen molar-refractivity contribution in [1.82, 2.24) is 5.32 Å². The lowest BCUT2D eigenvalue weighted by Crippen LogP contribution is -2.53. The predicted octanol–water partition coefficient (Wildman–Crippen LogP) is 4.29. The van der Waals surface area contributed by atoms with Crippen molar-refractivity contribution in [1.29, 1.82) is 0 Å². The van der Waals surface area contributed by atoms with Crippen LogP contribution in [0.2, 0.25) is 0 Å². The Morgan fingerprint density at radius 2 is 1.54 bits per heavy atom. The van der Waals surface area contributed by atoms with Crippen molar-refractivity contribution < 1.29 is 23.2 Å². The minimum atomic E-state index is -4.05. The first kappa shape index (κ1) is 21.8. The van der Waals surface area contributed by atoms with Gasteiger partial charge < -0.3 is 14.4 Å². The van der Waals surface area contributed by atoms with Crippen LogP contribution in [-0.2, 0) is 18.4 Å². The van der Waals surface area contributed by atoms with Crippen molar-refractivity contribution in [3.8, 4) is 0 Å². The van der Waals surface area contributed by atoms with Crippen LogP contribution < -0.4 is 5.32 Å². The van der Waals surface area contributed by atoms with Crippen molar-refractivity contribution in [3.05, 3.63) is 77.9 Å². The summed E-state index contributed by atoms with van der Waals surface area (Å²) < 4.78 is 23.8. The van der Waals surface area contributed by atoms with Crippen LogP contribution in [0.25, 0.3) is 6.08 Å². The van der Waals surface area contributed by atoms with Gasteiger partial charge in [0.1, 0.15) is 0 Å². The van der Waals surface area contributed by atoms with E-state index in [1.807, 2.05) is 30.3 Å². The summed E-state index contributed by atoms with van der Waals surface area (Å²) in [5.74, 6) is -1.07. The number of Topliss-reactive ketones (excluding diaryl/α,β-unsaturated/α-hetero) is 1. The number of carbonyl (C=O) groups excluding carboxylic acids is 2. The van der Waals surface area contributed by atoms with Crippen molar-refractivity contribution in [2.45, 2.75) is 18.6 Å². The van der Waals surface area contributed by atoms with Crippen molar-refractivity contribution in [3.63, 3.8) is 0 Å². The summed E-state index contributed by atoms with van der Waals surface area (Å²) in [4.78, 5) is 25.4. The molecule has 0 spiro atoms. The summed E-state index contributed by atoms with van der Waals surface area (Å²) in [6, 6.07) is 17.8. The van der Waals surface area contributed by atoms with E-state index in [0.29, 0.717) is 5.56 Å². The molecule has 148 valence electrons. The molecule has 0 saturated heterocycles. The quantitative estimate of drug-likeness (QED) is 0.501. The second-order valence-electron chi connectivity index (χ2n) is 6.12. The third-order valence-electron chi connectivity index (χ3n) is 4.27. The maximum absolute atomic E-state index is 13.5. The second-order valence-corrected chi connectivity index (χ2v) is 8.61.